The molecule has 4 heteroatoms. The number of nitrogens with one attached hydrogen (secondary N) is 2. The van der Waals surface area contributed by atoms with Crippen LogP contribution in [0.1, 0.15) is 19.8 Å². The Balaban J connectivity index is 1.95. The molecular weight excluding hydrogens is 316 g/mol. The summed E-state index contributed by atoms with van der Waals surface area (Å²) in [5.41, 5.74) is 0.414. The van der Waals surface area contributed by atoms with Gasteiger partial charge < -0.3 is 10.6 Å². The van der Waals surface area contributed by atoms with Crippen molar-refractivity contribution in [3.05, 3.63) is 40.9 Å². The number of hydrogen-bond donors (Lipinski definition) is 2. The van der Waals surface area contributed by atoms with Crippen LogP contribution in [0.25, 0.3) is 10.8 Å². The molecule has 0 aromatic heterocycles. The summed E-state index contributed by atoms with van der Waals surface area (Å²) in [5.74, 6) is 0.0440. The number of carbonyl (C=O) groups is 1. The lowest BCUT2D eigenvalue weighted by atomic mass is 9.99. The van der Waals surface area contributed by atoms with Crippen LogP contribution < -0.4 is 10.6 Å². The average molecular weight is 333 g/mol. The number of carbonyl (C=O) groups excluding carboxylic acids is 1. The molecule has 0 saturated carbocycles. The van der Waals surface area contributed by atoms with Crippen LogP contribution in [-0.2, 0) is 4.79 Å². The van der Waals surface area contributed by atoms with Gasteiger partial charge in [0.05, 0.1) is 5.54 Å². The Labute approximate surface area is 126 Å². The van der Waals surface area contributed by atoms with Crippen molar-refractivity contribution in [1.29, 1.82) is 0 Å². The maximum Gasteiger partial charge on any atom is 0.244 e. The average Bonchev–Trinajstić information content (AvgIpc) is 2.90. The molecule has 0 spiro atoms. The zero-order valence-corrected chi connectivity index (χ0v) is 13.0. The van der Waals surface area contributed by atoms with Gasteiger partial charge in [-0.2, -0.15) is 0 Å². The van der Waals surface area contributed by atoms with Gasteiger partial charge in [-0.15, -0.1) is 0 Å². The molecule has 3 nitrogen and oxygen atoms in total. The molecule has 1 aliphatic heterocycles. The largest absolute Gasteiger partial charge is 0.324 e. The molecule has 2 N–H and O–H groups in total. The Morgan fingerprint density at radius 1 is 1.25 bits per heavy atom. The summed E-state index contributed by atoms with van der Waals surface area (Å²) in [6.45, 7) is 2.88. The third-order valence-electron chi connectivity index (χ3n) is 3.99. The molecule has 1 amide bonds. The molecule has 1 aliphatic rings. The Bertz CT molecular complexity index is 663. The molecule has 2 aromatic carbocycles. The molecule has 1 unspecified atom stereocenters. The van der Waals surface area contributed by atoms with Crippen LogP contribution in [0.4, 0.5) is 5.69 Å². The summed E-state index contributed by atoms with van der Waals surface area (Å²) in [6.07, 6.45) is 1.93. The van der Waals surface area contributed by atoms with E-state index in [9.17, 15) is 4.79 Å². The van der Waals surface area contributed by atoms with Crippen LogP contribution in [0, 0.1) is 0 Å². The molecule has 1 heterocycles. The highest BCUT2D eigenvalue weighted by atomic mass is 79.9. The number of halogens is 1. The van der Waals surface area contributed by atoms with Crippen LogP contribution in [0.3, 0.4) is 0 Å². The SMILES string of the molecule is CC1(C(=O)Nc2ccc(Br)c3ccccc23)CCCN1. The van der Waals surface area contributed by atoms with E-state index < -0.39 is 5.54 Å². The van der Waals surface area contributed by atoms with E-state index in [4.69, 9.17) is 0 Å². The quantitative estimate of drug-likeness (QED) is 0.880. The van der Waals surface area contributed by atoms with E-state index in [1.807, 2.05) is 43.3 Å². The first-order valence-electron chi connectivity index (χ1n) is 6.84. The molecule has 0 aliphatic carbocycles. The van der Waals surface area contributed by atoms with Gasteiger partial charge in [-0.05, 0) is 43.8 Å². The van der Waals surface area contributed by atoms with Crippen molar-refractivity contribution in [2.45, 2.75) is 25.3 Å². The zero-order chi connectivity index (χ0) is 14.2. The van der Waals surface area contributed by atoms with E-state index >= 15 is 0 Å². The van der Waals surface area contributed by atoms with Gasteiger partial charge in [0, 0.05) is 15.5 Å². The lowest BCUT2D eigenvalue weighted by Crippen LogP contribution is -2.47. The van der Waals surface area contributed by atoms with Gasteiger partial charge >= 0.3 is 0 Å². The highest BCUT2D eigenvalue weighted by molar-refractivity contribution is 9.10. The maximum atomic E-state index is 12.5. The lowest BCUT2D eigenvalue weighted by Gasteiger charge is -2.23. The number of hydrogen-bond acceptors (Lipinski definition) is 2. The van der Waals surface area contributed by atoms with E-state index in [0.717, 1.165) is 40.3 Å². The van der Waals surface area contributed by atoms with E-state index in [1.54, 1.807) is 0 Å². The molecule has 0 bridgehead atoms. The van der Waals surface area contributed by atoms with Gasteiger partial charge in [-0.3, -0.25) is 4.79 Å². The highest BCUT2D eigenvalue weighted by Gasteiger charge is 2.35. The van der Waals surface area contributed by atoms with Gasteiger partial charge in [0.15, 0.2) is 0 Å². The van der Waals surface area contributed by atoms with E-state index in [0.29, 0.717) is 0 Å². The summed E-state index contributed by atoms with van der Waals surface area (Å²) in [4.78, 5) is 12.5. The molecule has 104 valence electrons. The van der Waals surface area contributed by atoms with E-state index in [-0.39, 0.29) is 5.91 Å². The minimum Gasteiger partial charge on any atom is -0.324 e. The van der Waals surface area contributed by atoms with Crippen molar-refractivity contribution in [2.75, 3.05) is 11.9 Å². The molecule has 0 radical (unpaired) electrons. The highest BCUT2D eigenvalue weighted by Crippen LogP contribution is 2.31. The maximum absolute atomic E-state index is 12.5. The summed E-state index contributed by atoms with van der Waals surface area (Å²) >= 11 is 3.55. The number of benzene rings is 2. The predicted molar refractivity (Wildman–Crippen MR) is 85.9 cm³/mol. The Kier molecular flexibility index (Phi) is 3.52. The minimum absolute atomic E-state index is 0.0440. The van der Waals surface area contributed by atoms with Gasteiger partial charge in [-0.1, -0.05) is 40.2 Å². The van der Waals surface area contributed by atoms with Gasteiger partial charge in [0.1, 0.15) is 0 Å². The van der Waals surface area contributed by atoms with Crippen LogP contribution in [-0.4, -0.2) is 18.0 Å². The second-order valence-corrected chi connectivity index (χ2v) is 6.31. The molecular formula is C16H17BrN2O. The normalized spacial score (nSPS) is 22.1. The summed E-state index contributed by atoms with van der Waals surface area (Å²) in [7, 11) is 0. The Morgan fingerprint density at radius 3 is 2.70 bits per heavy atom. The van der Waals surface area contributed by atoms with Gasteiger partial charge in [0.2, 0.25) is 5.91 Å². The van der Waals surface area contributed by atoms with Crippen molar-refractivity contribution in [3.63, 3.8) is 0 Å². The fraction of sp³-hybridized carbons (Fsp3) is 0.312. The number of rotatable bonds is 2. The van der Waals surface area contributed by atoms with E-state index in [1.165, 1.54) is 0 Å². The predicted octanol–water partition coefficient (Wildman–Crippen LogP) is 3.68. The first kappa shape index (κ1) is 13.6. The van der Waals surface area contributed by atoms with Crippen LogP contribution in [0.15, 0.2) is 40.9 Å². The third-order valence-corrected chi connectivity index (χ3v) is 4.68. The molecule has 1 fully saturated rings. The molecule has 3 rings (SSSR count). The molecule has 20 heavy (non-hydrogen) atoms. The number of anilines is 1. The summed E-state index contributed by atoms with van der Waals surface area (Å²) in [6, 6.07) is 12.0. The lowest BCUT2D eigenvalue weighted by molar-refractivity contribution is -0.121. The fourth-order valence-electron chi connectivity index (χ4n) is 2.72. The van der Waals surface area contributed by atoms with Crippen molar-refractivity contribution < 1.29 is 4.79 Å². The van der Waals surface area contributed by atoms with Gasteiger partial charge in [0.25, 0.3) is 0 Å². The second-order valence-electron chi connectivity index (χ2n) is 5.46. The van der Waals surface area contributed by atoms with Crippen molar-refractivity contribution in [1.82, 2.24) is 5.32 Å². The van der Waals surface area contributed by atoms with Crippen molar-refractivity contribution in [2.24, 2.45) is 0 Å². The van der Waals surface area contributed by atoms with E-state index in [2.05, 4.69) is 26.6 Å². The molecule has 1 saturated heterocycles. The van der Waals surface area contributed by atoms with Crippen LogP contribution >= 0.6 is 15.9 Å². The Hall–Kier alpha value is -1.39. The third kappa shape index (κ3) is 2.34. The second kappa shape index (κ2) is 5.19. The first-order valence-corrected chi connectivity index (χ1v) is 7.63. The fourth-order valence-corrected chi connectivity index (χ4v) is 3.20. The number of fused-ring (bicyclic) bond motifs is 1. The molecule has 2 aromatic rings. The van der Waals surface area contributed by atoms with Crippen molar-refractivity contribution >= 4 is 38.3 Å². The summed E-state index contributed by atoms with van der Waals surface area (Å²) < 4.78 is 1.04. The Morgan fingerprint density at radius 2 is 2.00 bits per heavy atom. The molecule has 1 atom stereocenters. The smallest absolute Gasteiger partial charge is 0.244 e. The van der Waals surface area contributed by atoms with Gasteiger partial charge in [-0.25, -0.2) is 0 Å². The number of amides is 1. The topological polar surface area (TPSA) is 41.1 Å². The monoisotopic (exact) mass is 332 g/mol. The first-order chi connectivity index (χ1) is 9.60. The van der Waals surface area contributed by atoms with Crippen molar-refractivity contribution in [3.8, 4) is 0 Å². The standard InChI is InChI=1S/C16H17BrN2O/c1-16(9-4-10-18-16)15(20)19-14-8-7-13(17)11-5-2-3-6-12(11)14/h2-3,5-8,18H,4,9-10H2,1H3,(H,19,20). The van der Waals surface area contributed by atoms with Crippen LogP contribution in [0.2, 0.25) is 0 Å². The minimum atomic E-state index is -0.450. The van der Waals surface area contributed by atoms with Crippen LogP contribution in [0.5, 0.6) is 0 Å². The zero-order valence-electron chi connectivity index (χ0n) is 11.4. The summed E-state index contributed by atoms with van der Waals surface area (Å²) in [5, 5.41) is 8.52.